The zero-order valence-corrected chi connectivity index (χ0v) is 12.3. The van der Waals surface area contributed by atoms with Crippen LogP contribution in [-0.2, 0) is 9.59 Å². The van der Waals surface area contributed by atoms with Crippen LogP contribution in [0.4, 0.5) is 5.69 Å². The monoisotopic (exact) mass is 315 g/mol. The fourth-order valence-electron chi connectivity index (χ4n) is 1.72. The van der Waals surface area contributed by atoms with Crippen molar-refractivity contribution in [3.63, 3.8) is 0 Å². The van der Waals surface area contributed by atoms with Crippen molar-refractivity contribution in [2.24, 2.45) is 0 Å². The molecule has 1 heterocycles. The molecule has 0 aliphatic heterocycles. The van der Waals surface area contributed by atoms with Gasteiger partial charge in [0.25, 0.3) is 0 Å². The van der Waals surface area contributed by atoms with Crippen molar-refractivity contribution in [1.29, 1.82) is 5.26 Å². The van der Waals surface area contributed by atoms with E-state index in [0.717, 1.165) is 0 Å². The second kappa shape index (κ2) is 7.36. The van der Waals surface area contributed by atoms with Crippen molar-refractivity contribution in [1.82, 2.24) is 5.32 Å². The minimum Gasteiger partial charge on any atom is -0.387 e. The summed E-state index contributed by atoms with van der Waals surface area (Å²) in [6, 6.07) is 10.0. The molecule has 1 aromatic heterocycles. The molecule has 0 bridgehead atoms. The van der Waals surface area contributed by atoms with Crippen LogP contribution in [0.25, 0.3) is 0 Å². The third-order valence-corrected chi connectivity index (χ3v) is 3.59. The summed E-state index contributed by atoms with van der Waals surface area (Å²) in [6.07, 6.45) is -0.866. The molecule has 0 fully saturated rings. The highest BCUT2D eigenvalue weighted by Gasteiger charge is 2.17. The van der Waals surface area contributed by atoms with Gasteiger partial charge in [0.15, 0.2) is 0 Å². The van der Waals surface area contributed by atoms with E-state index in [2.05, 4.69) is 10.6 Å². The molecular weight excluding hydrogens is 302 g/mol. The van der Waals surface area contributed by atoms with Gasteiger partial charge in [0.2, 0.25) is 0 Å². The third-order valence-electron chi connectivity index (χ3n) is 2.89. The summed E-state index contributed by atoms with van der Waals surface area (Å²) in [6.45, 7) is -0.0666. The van der Waals surface area contributed by atoms with Crippen LogP contribution in [-0.4, -0.2) is 23.5 Å². The van der Waals surface area contributed by atoms with Gasteiger partial charge < -0.3 is 15.7 Å². The Morgan fingerprint density at radius 3 is 2.73 bits per heavy atom. The molecule has 22 heavy (non-hydrogen) atoms. The number of amides is 2. The van der Waals surface area contributed by atoms with E-state index in [9.17, 15) is 14.7 Å². The van der Waals surface area contributed by atoms with Gasteiger partial charge in [0, 0.05) is 6.54 Å². The Kier molecular flexibility index (Phi) is 5.25. The van der Waals surface area contributed by atoms with Crippen molar-refractivity contribution < 1.29 is 14.7 Å². The number of carbonyl (C=O) groups is 2. The van der Waals surface area contributed by atoms with Gasteiger partial charge >= 0.3 is 11.8 Å². The molecule has 0 saturated heterocycles. The Labute approximate surface area is 131 Å². The lowest BCUT2D eigenvalue weighted by molar-refractivity contribution is -0.136. The van der Waals surface area contributed by atoms with Gasteiger partial charge in [-0.3, -0.25) is 9.59 Å². The third kappa shape index (κ3) is 3.91. The zero-order valence-electron chi connectivity index (χ0n) is 11.4. The summed E-state index contributed by atoms with van der Waals surface area (Å²) in [7, 11) is 0. The highest BCUT2D eigenvalue weighted by molar-refractivity contribution is 7.07. The van der Waals surface area contributed by atoms with Crippen molar-refractivity contribution in [3.05, 3.63) is 52.2 Å². The summed E-state index contributed by atoms with van der Waals surface area (Å²) in [5.74, 6) is -1.76. The molecular formula is C15H13N3O3S. The lowest BCUT2D eigenvalue weighted by Gasteiger charge is -2.11. The molecule has 0 aliphatic rings. The van der Waals surface area contributed by atoms with E-state index in [1.807, 2.05) is 11.4 Å². The molecule has 2 rings (SSSR count). The van der Waals surface area contributed by atoms with E-state index in [-0.39, 0.29) is 17.8 Å². The molecule has 0 spiro atoms. The topological polar surface area (TPSA) is 102 Å². The van der Waals surface area contributed by atoms with Crippen molar-refractivity contribution in [2.75, 3.05) is 11.9 Å². The van der Waals surface area contributed by atoms with E-state index >= 15 is 0 Å². The Morgan fingerprint density at radius 2 is 2.05 bits per heavy atom. The van der Waals surface area contributed by atoms with E-state index in [1.54, 1.807) is 23.6 Å². The van der Waals surface area contributed by atoms with Crippen LogP contribution in [0.2, 0.25) is 0 Å². The van der Waals surface area contributed by atoms with Crippen LogP contribution >= 0.6 is 11.3 Å². The summed E-state index contributed by atoms with van der Waals surface area (Å²) in [4.78, 5) is 23.5. The molecule has 0 aliphatic carbocycles. The second-order valence-corrected chi connectivity index (χ2v) is 5.17. The van der Waals surface area contributed by atoms with Crippen LogP contribution in [0.15, 0.2) is 41.1 Å². The number of aliphatic hydroxyl groups is 1. The minimum absolute atomic E-state index is 0.0666. The lowest BCUT2D eigenvalue weighted by atomic mass is 10.2. The average Bonchev–Trinajstić information content (AvgIpc) is 3.07. The number of benzene rings is 1. The molecule has 7 heteroatoms. The number of hydrogen-bond acceptors (Lipinski definition) is 5. The molecule has 6 nitrogen and oxygen atoms in total. The normalized spacial score (nSPS) is 11.3. The number of nitrogens with one attached hydrogen (secondary N) is 2. The fourth-order valence-corrected chi connectivity index (χ4v) is 2.43. The number of aliphatic hydroxyl groups excluding tert-OH is 1. The minimum atomic E-state index is -0.889. The van der Waals surface area contributed by atoms with Gasteiger partial charge in [0.1, 0.15) is 6.07 Å². The highest BCUT2D eigenvalue weighted by atomic mass is 32.1. The number of rotatable bonds is 4. The highest BCUT2D eigenvalue weighted by Crippen LogP contribution is 2.15. The number of carbonyl (C=O) groups excluding carboxylic acids is 2. The first-order chi connectivity index (χ1) is 10.6. The summed E-state index contributed by atoms with van der Waals surface area (Å²) in [5, 5.41) is 27.0. The number of hydrogen-bond donors (Lipinski definition) is 3. The quantitative estimate of drug-likeness (QED) is 0.742. The molecule has 1 unspecified atom stereocenters. The number of para-hydroxylation sites is 1. The van der Waals surface area contributed by atoms with E-state index in [0.29, 0.717) is 5.56 Å². The standard InChI is InChI=1S/C15H13N3O3S/c16-7-10-3-1-2-4-12(10)18-15(21)14(20)17-8-13(19)11-5-6-22-9-11/h1-6,9,13,19H,8H2,(H,17,20)(H,18,21). The van der Waals surface area contributed by atoms with Gasteiger partial charge in [0.05, 0.1) is 17.4 Å². The maximum atomic E-state index is 11.8. The van der Waals surface area contributed by atoms with Crippen molar-refractivity contribution in [3.8, 4) is 6.07 Å². The fraction of sp³-hybridized carbons (Fsp3) is 0.133. The van der Waals surface area contributed by atoms with Crippen LogP contribution in [0, 0.1) is 11.3 Å². The van der Waals surface area contributed by atoms with E-state index in [4.69, 9.17) is 5.26 Å². The number of anilines is 1. The first-order valence-corrected chi connectivity index (χ1v) is 7.34. The average molecular weight is 315 g/mol. The molecule has 3 N–H and O–H groups in total. The SMILES string of the molecule is N#Cc1ccccc1NC(=O)C(=O)NCC(O)c1ccsc1. The summed E-state index contributed by atoms with van der Waals surface area (Å²) < 4.78 is 0. The van der Waals surface area contributed by atoms with Gasteiger partial charge in [-0.15, -0.1) is 0 Å². The molecule has 0 saturated carbocycles. The zero-order chi connectivity index (χ0) is 15.9. The number of nitrogens with zero attached hydrogens (tertiary/aromatic N) is 1. The number of nitriles is 1. The van der Waals surface area contributed by atoms with E-state index < -0.39 is 17.9 Å². The number of thiophene rings is 1. The molecule has 2 aromatic rings. The van der Waals surface area contributed by atoms with Crippen LogP contribution in [0.3, 0.4) is 0 Å². The molecule has 0 radical (unpaired) electrons. The van der Waals surface area contributed by atoms with Gasteiger partial charge in [-0.05, 0) is 34.5 Å². The second-order valence-electron chi connectivity index (χ2n) is 4.39. The summed E-state index contributed by atoms with van der Waals surface area (Å²) >= 11 is 1.43. The smallest absolute Gasteiger partial charge is 0.313 e. The Bertz CT molecular complexity index is 707. The van der Waals surface area contributed by atoms with E-state index in [1.165, 1.54) is 23.5 Å². The molecule has 2 amide bonds. The Balaban J connectivity index is 1.90. The van der Waals surface area contributed by atoms with Crippen molar-refractivity contribution in [2.45, 2.75) is 6.10 Å². The maximum Gasteiger partial charge on any atom is 0.313 e. The van der Waals surface area contributed by atoms with Crippen LogP contribution in [0.1, 0.15) is 17.2 Å². The summed E-state index contributed by atoms with van der Waals surface area (Å²) in [5.41, 5.74) is 1.21. The van der Waals surface area contributed by atoms with Gasteiger partial charge in [-0.2, -0.15) is 16.6 Å². The largest absolute Gasteiger partial charge is 0.387 e. The first kappa shape index (κ1) is 15.7. The first-order valence-electron chi connectivity index (χ1n) is 6.40. The van der Waals surface area contributed by atoms with Gasteiger partial charge in [-0.1, -0.05) is 12.1 Å². The van der Waals surface area contributed by atoms with Crippen LogP contribution < -0.4 is 10.6 Å². The lowest BCUT2D eigenvalue weighted by Crippen LogP contribution is -2.37. The maximum absolute atomic E-state index is 11.8. The predicted molar refractivity (Wildman–Crippen MR) is 82.1 cm³/mol. The molecule has 112 valence electrons. The van der Waals surface area contributed by atoms with Gasteiger partial charge in [-0.25, -0.2) is 0 Å². The van der Waals surface area contributed by atoms with Crippen molar-refractivity contribution >= 4 is 28.8 Å². The Hall–Kier alpha value is -2.69. The Morgan fingerprint density at radius 1 is 1.27 bits per heavy atom. The molecule has 1 aromatic carbocycles. The predicted octanol–water partition coefficient (Wildman–Crippen LogP) is 1.41. The van der Waals surface area contributed by atoms with Crippen LogP contribution in [0.5, 0.6) is 0 Å². The molecule has 1 atom stereocenters.